The Bertz CT molecular complexity index is 261. The van der Waals surface area contributed by atoms with Gasteiger partial charge in [-0.05, 0) is 40.0 Å². The van der Waals surface area contributed by atoms with Crippen LogP contribution >= 0.6 is 0 Å². The van der Waals surface area contributed by atoms with E-state index >= 15 is 0 Å². The molecule has 0 aromatic rings. The molecule has 94 valence electrons. The number of rotatable bonds is 2. The van der Waals surface area contributed by atoms with Gasteiger partial charge in [-0.1, -0.05) is 0 Å². The number of carbonyl (C=O) groups is 1. The van der Waals surface area contributed by atoms with E-state index < -0.39 is 11.2 Å². The number of hydrogen-bond acceptors (Lipinski definition) is 3. The molecule has 0 aliphatic carbocycles. The van der Waals surface area contributed by atoms with Gasteiger partial charge in [0.15, 0.2) is 0 Å². The highest BCUT2D eigenvalue weighted by molar-refractivity contribution is 5.84. The maximum absolute atomic E-state index is 12.1. The van der Waals surface area contributed by atoms with Gasteiger partial charge < -0.3 is 14.7 Å². The van der Waals surface area contributed by atoms with Crippen molar-refractivity contribution in [3.63, 3.8) is 0 Å². The molecule has 1 saturated heterocycles. The number of methoxy groups -OCH3 is 1. The van der Waals surface area contributed by atoms with Crippen molar-refractivity contribution < 1.29 is 14.6 Å². The van der Waals surface area contributed by atoms with E-state index in [1.165, 1.54) is 0 Å². The molecule has 0 aromatic carbocycles. The summed E-state index contributed by atoms with van der Waals surface area (Å²) in [6, 6.07) is 0. The summed E-state index contributed by atoms with van der Waals surface area (Å²) in [6.45, 7) is 6.71. The maximum atomic E-state index is 12.1. The van der Waals surface area contributed by atoms with E-state index in [0.717, 1.165) is 12.8 Å². The fourth-order valence-corrected chi connectivity index (χ4v) is 1.93. The Kier molecular flexibility index (Phi) is 3.97. The first-order chi connectivity index (χ1) is 7.28. The highest BCUT2D eigenvalue weighted by Gasteiger charge is 2.34. The summed E-state index contributed by atoms with van der Waals surface area (Å²) in [5.41, 5.74) is -1.40. The lowest BCUT2D eigenvalue weighted by molar-refractivity contribution is -0.151. The monoisotopic (exact) mass is 229 g/mol. The van der Waals surface area contributed by atoms with Crippen molar-refractivity contribution in [2.45, 2.75) is 51.2 Å². The van der Waals surface area contributed by atoms with E-state index in [-0.39, 0.29) is 5.91 Å². The van der Waals surface area contributed by atoms with Crippen molar-refractivity contribution >= 4 is 5.91 Å². The predicted molar refractivity (Wildman–Crippen MR) is 62.1 cm³/mol. The maximum Gasteiger partial charge on any atom is 0.254 e. The molecule has 1 heterocycles. The van der Waals surface area contributed by atoms with Crippen LogP contribution in [-0.4, -0.2) is 47.3 Å². The van der Waals surface area contributed by atoms with E-state index in [2.05, 4.69) is 0 Å². The number of likely N-dealkylation sites (tertiary alicyclic amines) is 1. The Morgan fingerprint density at radius 2 is 2.00 bits per heavy atom. The van der Waals surface area contributed by atoms with Crippen LogP contribution in [-0.2, 0) is 9.53 Å². The fourth-order valence-electron chi connectivity index (χ4n) is 1.93. The largest absolute Gasteiger partial charge is 0.390 e. The third-order valence-corrected chi connectivity index (χ3v) is 3.38. The molecular formula is C12H23NO3. The SMILES string of the molecule is COC(C)(C)C(=O)N1CCCC(C)(O)CC1. The van der Waals surface area contributed by atoms with Crippen LogP contribution in [0.5, 0.6) is 0 Å². The number of carbonyl (C=O) groups excluding carboxylic acids is 1. The second-order valence-corrected chi connectivity index (χ2v) is 5.36. The normalized spacial score (nSPS) is 27.7. The molecule has 0 radical (unpaired) electrons. The van der Waals surface area contributed by atoms with Gasteiger partial charge in [-0.25, -0.2) is 0 Å². The molecule has 0 aromatic heterocycles. The molecule has 1 aliphatic rings. The molecule has 1 amide bonds. The van der Waals surface area contributed by atoms with Gasteiger partial charge in [-0.3, -0.25) is 4.79 Å². The molecule has 0 spiro atoms. The molecule has 1 N–H and O–H groups in total. The van der Waals surface area contributed by atoms with Gasteiger partial charge in [0.1, 0.15) is 5.60 Å². The highest BCUT2D eigenvalue weighted by atomic mass is 16.5. The van der Waals surface area contributed by atoms with Crippen LogP contribution in [0.15, 0.2) is 0 Å². The van der Waals surface area contributed by atoms with Crippen LogP contribution < -0.4 is 0 Å². The quantitative estimate of drug-likeness (QED) is 0.773. The van der Waals surface area contributed by atoms with E-state index in [1.807, 2.05) is 6.92 Å². The number of ether oxygens (including phenoxy) is 1. The van der Waals surface area contributed by atoms with E-state index in [1.54, 1.807) is 25.9 Å². The molecule has 1 rings (SSSR count). The van der Waals surface area contributed by atoms with Crippen molar-refractivity contribution in [2.75, 3.05) is 20.2 Å². The first kappa shape index (κ1) is 13.5. The molecule has 0 saturated carbocycles. The Labute approximate surface area is 97.6 Å². The fraction of sp³-hybridized carbons (Fsp3) is 0.917. The zero-order valence-corrected chi connectivity index (χ0v) is 10.7. The van der Waals surface area contributed by atoms with Crippen molar-refractivity contribution in [3.8, 4) is 0 Å². The predicted octanol–water partition coefficient (Wildman–Crippen LogP) is 1.17. The molecule has 4 heteroatoms. The molecule has 1 fully saturated rings. The summed E-state index contributed by atoms with van der Waals surface area (Å²) in [7, 11) is 1.55. The van der Waals surface area contributed by atoms with Gasteiger partial charge >= 0.3 is 0 Å². The van der Waals surface area contributed by atoms with Crippen LogP contribution in [0.1, 0.15) is 40.0 Å². The second kappa shape index (κ2) is 4.72. The van der Waals surface area contributed by atoms with Gasteiger partial charge in [0.25, 0.3) is 5.91 Å². The van der Waals surface area contributed by atoms with Gasteiger partial charge in [-0.2, -0.15) is 0 Å². The Hall–Kier alpha value is -0.610. The van der Waals surface area contributed by atoms with E-state index in [4.69, 9.17) is 4.74 Å². The van der Waals surface area contributed by atoms with Crippen LogP contribution in [0.2, 0.25) is 0 Å². The molecule has 1 atom stereocenters. The average molecular weight is 229 g/mol. The zero-order valence-electron chi connectivity index (χ0n) is 10.7. The van der Waals surface area contributed by atoms with Crippen LogP contribution in [0.4, 0.5) is 0 Å². The summed E-state index contributed by atoms with van der Waals surface area (Å²) in [5.74, 6) is 0.00713. The average Bonchev–Trinajstić information content (AvgIpc) is 2.38. The van der Waals surface area contributed by atoms with Crippen LogP contribution in [0.3, 0.4) is 0 Å². The van der Waals surface area contributed by atoms with E-state index in [0.29, 0.717) is 19.5 Å². The standard InChI is InChI=1S/C12H23NO3/c1-11(2,16-4)10(14)13-8-5-6-12(3,15)7-9-13/h15H,5-9H2,1-4H3. The number of amides is 1. The van der Waals surface area contributed by atoms with Gasteiger partial charge in [-0.15, -0.1) is 0 Å². The molecule has 16 heavy (non-hydrogen) atoms. The number of nitrogens with zero attached hydrogens (tertiary/aromatic N) is 1. The van der Waals surface area contributed by atoms with Crippen LogP contribution in [0.25, 0.3) is 0 Å². The number of aliphatic hydroxyl groups is 1. The summed E-state index contributed by atoms with van der Waals surface area (Å²) < 4.78 is 5.19. The highest BCUT2D eigenvalue weighted by Crippen LogP contribution is 2.23. The molecule has 0 bridgehead atoms. The third-order valence-electron chi connectivity index (χ3n) is 3.38. The summed E-state index contributed by atoms with van der Waals surface area (Å²) in [4.78, 5) is 13.9. The lowest BCUT2D eigenvalue weighted by Gasteiger charge is -2.30. The lowest BCUT2D eigenvalue weighted by Crippen LogP contribution is -2.47. The Balaban J connectivity index is 2.65. The van der Waals surface area contributed by atoms with Crippen LogP contribution in [0, 0.1) is 0 Å². The van der Waals surface area contributed by atoms with Crippen molar-refractivity contribution in [1.82, 2.24) is 4.90 Å². The minimum absolute atomic E-state index is 0.00713. The van der Waals surface area contributed by atoms with Gasteiger partial charge in [0, 0.05) is 20.2 Å². The number of hydrogen-bond donors (Lipinski definition) is 1. The first-order valence-electron chi connectivity index (χ1n) is 5.85. The second-order valence-electron chi connectivity index (χ2n) is 5.36. The molecular weight excluding hydrogens is 206 g/mol. The Morgan fingerprint density at radius 3 is 2.56 bits per heavy atom. The minimum Gasteiger partial charge on any atom is -0.390 e. The summed E-state index contributed by atoms with van der Waals surface area (Å²) >= 11 is 0. The van der Waals surface area contributed by atoms with E-state index in [9.17, 15) is 9.90 Å². The molecule has 1 aliphatic heterocycles. The van der Waals surface area contributed by atoms with Crippen molar-refractivity contribution in [2.24, 2.45) is 0 Å². The summed E-state index contributed by atoms with van der Waals surface area (Å²) in [6.07, 6.45) is 2.24. The van der Waals surface area contributed by atoms with Crippen molar-refractivity contribution in [1.29, 1.82) is 0 Å². The third kappa shape index (κ3) is 3.19. The van der Waals surface area contributed by atoms with Crippen molar-refractivity contribution in [3.05, 3.63) is 0 Å². The molecule has 1 unspecified atom stereocenters. The molecule has 4 nitrogen and oxygen atoms in total. The lowest BCUT2D eigenvalue weighted by atomic mass is 9.98. The van der Waals surface area contributed by atoms with Gasteiger partial charge in [0.2, 0.25) is 0 Å². The topological polar surface area (TPSA) is 49.8 Å². The summed E-state index contributed by atoms with van der Waals surface area (Å²) in [5, 5.41) is 9.94. The smallest absolute Gasteiger partial charge is 0.254 e. The minimum atomic E-state index is -0.768. The Morgan fingerprint density at radius 1 is 1.38 bits per heavy atom. The zero-order chi connectivity index (χ0) is 12.4. The van der Waals surface area contributed by atoms with Gasteiger partial charge in [0.05, 0.1) is 5.60 Å². The first-order valence-corrected chi connectivity index (χ1v) is 5.85.